The highest BCUT2D eigenvalue weighted by molar-refractivity contribution is 6.02. The van der Waals surface area contributed by atoms with Crippen molar-refractivity contribution in [3.05, 3.63) is 53.8 Å². The lowest BCUT2D eigenvalue weighted by atomic mass is 10.1. The van der Waals surface area contributed by atoms with Gasteiger partial charge in [-0.3, -0.25) is 4.79 Å². The van der Waals surface area contributed by atoms with E-state index >= 15 is 0 Å². The summed E-state index contributed by atoms with van der Waals surface area (Å²) in [5.74, 6) is -0.262. The van der Waals surface area contributed by atoms with Gasteiger partial charge in [-0.25, -0.2) is 4.39 Å². The van der Waals surface area contributed by atoms with Crippen LogP contribution >= 0.6 is 0 Å². The van der Waals surface area contributed by atoms with Crippen molar-refractivity contribution in [3.63, 3.8) is 0 Å². The monoisotopic (exact) mass is 286 g/mol. The fourth-order valence-electron chi connectivity index (χ4n) is 2.42. The molecule has 0 atom stereocenters. The molecule has 1 amide bonds. The maximum absolute atomic E-state index is 13.8. The van der Waals surface area contributed by atoms with Gasteiger partial charge in [0, 0.05) is 0 Å². The third-order valence-electron chi connectivity index (χ3n) is 3.48. The third kappa shape index (κ3) is 2.54. The maximum Gasteiger partial charge on any atom is 0.246 e. The van der Waals surface area contributed by atoms with Gasteiger partial charge in [-0.15, -0.1) is 0 Å². The van der Waals surface area contributed by atoms with Crippen LogP contribution in [-0.4, -0.2) is 19.6 Å². The van der Waals surface area contributed by atoms with Gasteiger partial charge >= 0.3 is 0 Å². The lowest BCUT2D eigenvalue weighted by Crippen LogP contribution is -2.39. The van der Waals surface area contributed by atoms with E-state index in [0.29, 0.717) is 6.54 Å². The first-order valence-electron chi connectivity index (χ1n) is 6.64. The average molecular weight is 286 g/mol. The zero-order valence-corrected chi connectivity index (χ0v) is 11.6. The highest BCUT2D eigenvalue weighted by Gasteiger charge is 2.23. The molecule has 2 aromatic rings. The number of carbonyl (C=O) groups is 1. The number of benzene rings is 2. The van der Waals surface area contributed by atoms with E-state index in [2.05, 4.69) is 5.32 Å². The number of methoxy groups -OCH3 is 1. The van der Waals surface area contributed by atoms with Crippen LogP contribution in [0.25, 0.3) is 0 Å². The Kier molecular flexibility index (Phi) is 3.48. The number of nitrogens with one attached hydrogen (secondary N) is 1. The van der Waals surface area contributed by atoms with Crippen molar-refractivity contribution in [2.45, 2.75) is 6.54 Å². The molecule has 1 aliphatic heterocycles. The second kappa shape index (κ2) is 5.44. The fraction of sp³-hybridized carbons (Fsp3) is 0.188. The topological polar surface area (TPSA) is 41.6 Å². The summed E-state index contributed by atoms with van der Waals surface area (Å²) in [7, 11) is 1.42. The third-order valence-corrected chi connectivity index (χ3v) is 3.48. The van der Waals surface area contributed by atoms with Gasteiger partial charge in [-0.1, -0.05) is 18.2 Å². The average Bonchev–Trinajstić information content (AvgIpc) is 2.50. The van der Waals surface area contributed by atoms with Crippen molar-refractivity contribution in [2.24, 2.45) is 0 Å². The number of halogens is 1. The first kappa shape index (κ1) is 13.4. The molecule has 0 aliphatic carbocycles. The number of fused-ring (bicyclic) bond motifs is 1. The van der Waals surface area contributed by atoms with E-state index in [-0.39, 0.29) is 18.2 Å². The molecule has 0 saturated carbocycles. The molecule has 0 saturated heterocycles. The number of hydrogen-bond acceptors (Lipinski definition) is 3. The fourth-order valence-corrected chi connectivity index (χ4v) is 2.42. The SMILES string of the molecule is COc1ccc(CN2C(=O)CNc3ccccc32)cc1F. The lowest BCUT2D eigenvalue weighted by Gasteiger charge is -2.30. The van der Waals surface area contributed by atoms with Crippen LogP contribution in [-0.2, 0) is 11.3 Å². The van der Waals surface area contributed by atoms with Gasteiger partial charge in [0.05, 0.1) is 31.6 Å². The van der Waals surface area contributed by atoms with E-state index < -0.39 is 5.82 Å². The normalized spacial score (nSPS) is 13.6. The molecule has 108 valence electrons. The van der Waals surface area contributed by atoms with Crippen LogP contribution in [0, 0.1) is 5.82 Å². The molecule has 0 bridgehead atoms. The maximum atomic E-state index is 13.8. The van der Waals surface area contributed by atoms with Crippen LogP contribution in [0.3, 0.4) is 0 Å². The van der Waals surface area contributed by atoms with E-state index in [9.17, 15) is 9.18 Å². The standard InChI is InChI=1S/C16H15FN2O2/c1-21-15-7-6-11(8-12(15)17)10-19-14-5-3-2-4-13(14)18-9-16(19)20/h2-8,18H,9-10H2,1H3. The first-order chi connectivity index (χ1) is 10.2. The Hall–Kier alpha value is -2.56. The van der Waals surface area contributed by atoms with Crippen molar-refractivity contribution < 1.29 is 13.9 Å². The van der Waals surface area contributed by atoms with Gasteiger partial charge in [0.15, 0.2) is 11.6 Å². The van der Waals surface area contributed by atoms with Crippen molar-refractivity contribution in [1.29, 1.82) is 0 Å². The minimum Gasteiger partial charge on any atom is -0.494 e. The molecule has 0 spiro atoms. The number of amides is 1. The lowest BCUT2D eigenvalue weighted by molar-refractivity contribution is -0.117. The molecule has 21 heavy (non-hydrogen) atoms. The number of anilines is 2. The Balaban J connectivity index is 1.90. The number of carbonyl (C=O) groups excluding carboxylic acids is 1. The summed E-state index contributed by atoms with van der Waals surface area (Å²) in [6.45, 7) is 0.577. The van der Waals surface area contributed by atoms with Crippen molar-refractivity contribution in [2.75, 3.05) is 23.9 Å². The zero-order valence-electron chi connectivity index (χ0n) is 11.6. The molecule has 1 N–H and O–H groups in total. The molecule has 0 unspecified atom stereocenters. The second-order valence-electron chi connectivity index (χ2n) is 4.82. The van der Waals surface area contributed by atoms with Gasteiger partial charge in [0.2, 0.25) is 5.91 Å². The van der Waals surface area contributed by atoms with Crippen LogP contribution in [0.2, 0.25) is 0 Å². The minimum atomic E-state index is -0.425. The summed E-state index contributed by atoms with van der Waals surface area (Å²) >= 11 is 0. The number of ether oxygens (including phenoxy) is 1. The molecule has 3 rings (SSSR count). The second-order valence-corrected chi connectivity index (χ2v) is 4.82. The van der Waals surface area contributed by atoms with Gasteiger partial charge in [-0.05, 0) is 29.8 Å². The Bertz CT molecular complexity index is 688. The molecule has 0 aromatic heterocycles. The molecule has 1 heterocycles. The molecule has 0 fully saturated rings. The van der Waals surface area contributed by atoms with Gasteiger partial charge in [-0.2, -0.15) is 0 Å². The Morgan fingerprint density at radius 1 is 1.29 bits per heavy atom. The first-order valence-corrected chi connectivity index (χ1v) is 6.64. The minimum absolute atomic E-state index is 0.0371. The number of hydrogen-bond donors (Lipinski definition) is 1. The summed E-state index contributed by atoms with van der Waals surface area (Å²) in [5.41, 5.74) is 2.44. The van der Waals surface area contributed by atoms with Crippen molar-refractivity contribution >= 4 is 17.3 Å². The molecule has 2 aromatic carbocycles. The molecular formula is C16H15FN2O2. The molecule has 5 heteroatoms. The highest BCUT2D eigenvalue weighted by atomic mass is 19.1. The Morgan fingerprint density at radius 2 is 2.10 bits per heavy atom. The van der Waals surface area contributed by atoms with E-state index in [1.54, 1.807) is 17.0 Å². The van der Waals surface area contributed by atoms with E-state index in [0.717, 1.165) is 16.9 Å². The van der Waals surface area contributed by atoms with E-state index in [4.69, 9.17) is 4.74 Å². The summed E-state index contributed by atoms with van der Waals surface area (Å²) in [4.78, 5) is 13.8. The molecule has 0 radical (unpaired) electrons. The van der Waals surface area contributed by atoms with Crippen LogP contribution in [0.4, 0.5) is 15.8 Å². The number of nitrogens with zero attached hydrogens (tertiary/aromatic N) is 1. The highest BCUT2D eigenvalue weighted by Crippen LogP contribution is 2.30. The predicted molar refractivity (Wildman–Crippen MR) is 79.1 cm³/mol. The van der Waals surface area contributed by atoms with Gasteiger partial charge in [0.25, 0.3) is 0 Å². The van der Waals surface area contributed by atoms with Crippen molar-refractivity contribution in [3.8, 4) is 5.75 Å². The van der Waals surface area contributed by atoms with Crippen LogP contribution in [0.5, 0.6) is 5.75 Å². The Labute approximate surface area is 122 Å². The number of para-hydroxylation sites is 2. The van der Waals surface area contributed by atoms with Crippen molar-refractivity contribution in [1.82, 2.24) is 0 Å². The van der Waals surface area contributed by atoms with Gasteiger partial charge in [0.1, 0.15) is 0 Å². The van der Waals surface area contributed by atoms with E-state index in [1.165, 1.54) is 13.2 Å². The zero-order chi connectivity index (χ0) is 14.8. The summed E-state index contributed by atoms with van der Waals surface area (Å²) < 4.78 is 18.7. The quantitative estimate of drug-likeness (QED) is 0.943. The van der Waals surface area contributed by atoms with Gasteiger partial charge < -0.3 is 15.0 Å². The van der Waals surface area contributed by atoms with Crippen LogP contribution < -0.4 is 15.0 Å². The molecule has 4 nitrogen and oxygen atoms in total. The smallest absolute Gasteiger partial charge is 0.246 e. The summed E-state index contributed by atoms with van der Waals surface area (Å²) in [6.07, 6.45) is 0. The predicted octanol–water partition coefficient (Wildman–Crippen LogP) is 2.79. The largest absolute Gasteiger partial charge is 0.494 e. The summed E-state index contributed by atoms with van der Waals surface area (Å²) in [5, 5.41) is 3.07. The van der Waals surface area contributed by atoms with E-state index in [1.807, 2.05) is 24.3 Å². The molecule has 1 aliphatic rings. The summed E-state index contributed by atoms with van der Waals surface area (Å²) in [6, 6.07) is 12.3. The number of rotatable bonds is 3. The van der Waals surface area contributed by atoms with Crippen LogP contribution in [0.1, 0.15) is 5.56 Å². The van der Waals surface area contributed by atoms with Crippen LogP contribution in [0.15, 0.2) is 42.5 Å². The molecular weight excluding hydrogens is 271 g/mol. The Morgan fingerprint density at radius 3 is 2.86 bits per heavy atom.